The molecular weight excluding hydrogens is 268 g/mol. The Hall–Kier alpha value is -1.22. The van der Waals surface area contributed by atoms with Crippen molar-refractivity contribution >= 4 is 11.9 Å². The van der Waals surface area contributed by atoms with Gasteiger partial charge in [-0.1, -0.05) is 0 Å². The van der Waals surface area contributed by atoms with E-state index in [-0.39, 0.29) is 25.5 Å². The number of aliphatic hydroxyl groups is 2. The quantitative estimate of drug-likeness (QED) is 0.573. The Morgan fingerprint density at radius 3 is 2.85 bits per heavy atom. The summed E-state index contributed by atoms with van der Waals surface area (Å²) in [6, 6.07) is -0.549. The lowest BCUT2D eigenvalue weighted by molar-refractivity contribution is -0.144. The van der Waals surface area contributed by atoms with Crippen LogP contribution in [0, 0.1) is 0 Å². The van der Waals surface area contributed by atoms with Crippen molar-refractivity contribution in [3.8, 4) is 0 Å². The standard InChI is InChI=1S/C12H18N2O6/c15-6-7-9(17)12(3-1-5-19-12)10(20-7)14-4-2-8(16)13-11(14)18/h7,9-10,15,17H,1-6H2,(H,13,16,18)/t7?,9?,10?,12-/m1/s1. The smallest absolute Gasteiger partial charge is 0.326 e. The first-order valence-corrected chi connectivity index (χ1v) is 6.77. The molecular formula is C12H18N2O6. The van der Waals surface area contributed by atoms with Gasteiger partial charge in [0.1, 0.15) is 17.8 Å². The zero-order valence-corrected chi connectivity index (χ0v) is 10.9. The van der Waals surface area contributed by atoms with Gasteiger partial charge in [0.25, 0.3) is 0 Å². The van der Waals surface area contributed by atoms with Gasteiger partial charge in [-0.15, -0.1) is 0 Å². The zero-order valence-electron chi connectivity index (χ0n) is 10.9. The molecule has 0 aliphatic carbocycles. The Labute approximate surface area is 115 Å². The van der Waals surface area contributed by atoms with Crippen molar-refractivity contribution in [1.29, 1.82) is 0 Å². The van der Waals surface area contributed by atoms with Crippen LogP contribution in [0.2, 0.25) is 0 Å². The van der Waals surface area contributed by atoms with E-state index >= 15 is 0 Å². The number of nitrogens with one attached hydrogen (secondary N) is 1. The second-order valence-electron chi connectivity index (χ2n) is 5.36. The number of ether oxygens (including phenoxy) is 2. The molecule has 1 spiro atoms. The van der Waals surface area contributed by atoms with Gasteiger partial charge in [0, 0.05) is 19.6 Å². The minimum Gasteiger partial charge on any atom is -0.394 e. The highest BCUT2D eigenvalue weighted by Gasteiger charge is 2.61. The predicted octanol–water partition coefficient (Wildman–Crippen LogP) is -1.44. The molecule has 0 aromatic rings. The summed E-state index contributed by atoms with van der Waals surface area (Å²) < 4.78 is 11.3. The third kappa shape index (κ3) is 1.91. The van der Waals surface area contributed by atoms with Crippen molar-refractivity contribution in [2.24, 2.45) is 0 Å². The van der Waals surface area contributed by atoms with Gasteiger partial charge in [-0.3, -0.25) is 15.0 Å². The van der Waals surface area contributed by atoms with Gasteiger partial charge >= 0.3 is 6.03 Å². The summed E-state index contributed by atoms with van der Waals surface area (Å²) in [5.74, 6) is -0.329. The fourth-order valence-electron chi connectivity index (χ4n) is 3.21. The van der Waals surface area contributed by atoms with E-state index in [9.17, 15) is 19.8 Å². The molecule has 3 unspecified atom stereocenters. The van der Waals surface area contributed by atoms with E-state index < -0.39 is 30.1 Å². The number of hydrogen-bond donors (Lipinski definition) is 3. The van der Waals surface area contributed by atoms with Crippen LogP contribution in [-0.2, 0) is 14.3 Å². The molecule has 3 N–H and O–H groups in total. The van der Waals surface area contributed by atoms with Gasteiger partial charge in [0.2, 0.25) is 5.91 Å². The molecule has 4 atom stereocenters. The molecule has 3 heterocycles. The average molecular weight is 286 g/mol. The number of aliphatic hydroxyl groups excluding tert-OH is 2. The topological polar surface area (TPSA) is 108 Å². The normalized spacial score (nSPS) is 41.5. The second kappa shape index (κ2) is 4.96. The van der Waals surface area contributed by atoms with E-state index in [0.717, 1.165) is 6.42 Å². The molecule has 3 aliphatic heterocycles. The number of imide groups is 1. The summed E-state index contributed by atoms with van der Waals surface area (Å²) >= 11 is 0. The highest BCUT2D eigenvalue weighted by atomic mass is 16.6. The maximum Gasteiger partial charge on any atom is 0.326 e. The van der Waals surface area contributed by atoms with Gasteiger partial charge in [-0.05, 0) is 12.8 Å². The highest BCUT2D eigenvalue weighted by molar-refractivity contribution is 5.96. The van der Waals surface area contributed by atoms with Crippen LogP contribution in [0.25, 0.3) is 0 Å². The van der Waals surface area contributed by atoms with Crippen LogP contribution in [0.1, 0.15) is 19.3 Å². The van der Waals surface area contributed by atoms with Gasteiger partial charge in [0.15, 0.2) is 6.23 Å². The SMILES string of the molecule is O=C1CCN(C2OC(CO)C(O)[C@]23CCCO3)C(=O)N1. The maximum absolute atomic E-state index is 11.9. The molecule has 0 saturated carbocycles. The largest absolute Gasteiger partial charge is 0.394 e. The van der Waals surface area contributed by atoms with Gasteiger partial charge in [-0.25, -0.2) is 4.79 Å². The molecule has 8 heteroatoms. The first-order chi connectivity index (χ1) is 9.58. The molecule has 3 amide bonds. The Morgan fingerprint density at radius 1 is 1.45 bits per heavy atom. The number of amides is 3. The van der Waals surface area contributed by atoms with Gasteiger partial charge in [0.05, 0.1) is 6.61 Å². The second-order valence-corrected chi connectivity index (χ2v) is 5.36. The van der Waals surface area contributed by atoms with Gasteiger partial charge in [-0.2, -0.15) is 0 Å². The van der Waals surface area contributed by atoms with Crippen molar-refractivity contribution in [3.63, 3.8) is 0 Å². The lowest BCUT2D eigenvalue weighted by Crippen LogP contribution is -2.61. The van der Waals surface area contributed by atoms with Crippen LogP contribution in [-0.4, -0.2) is 70.8 Å². The Morgan fingerprint density at radius 2 is 2.25 bits per heavy atom. The third-order valence-corrected chi connectivity index (χ3v) is 4.21. The maximum atomic E-state index is 11.9. The van der Waals surface area contributed by atoms with E-state index in [2.05, 4.69) is 5.32 Å². The number of carbonyl (C=O) groups is 2. The summed E-state index contributed by atoms with van der Waals surface area (Å²) in [7, 11) is 0. The molecule has 0 aromatic carbocycles. The number of hydrogen-bond acceptors (Lipinski definition) is 6. The van der Waals surface area contributed by atoms with Gasteiger partial charge < -0.3 is 19.7 Å². The summed E-state index contributed by atoms with van der Waals surface area (Å²) in [5.41, 5.74) is -1.01. The van der Waals surface area contributed by atoms with Crippen molar-refractivity contribution in [2.45, 2.75) is 43.3 Å². The van der Waals surface area contributed by atoms with Crippen LogP contribution in [0.15, 0.2) is 0 Å². The van der Waals surface area contributed by atoms with Crippen molar-refractivity contribution in [1.82, 2.24) is 10.2 Å². The Kier molecular flexibility index (Phi) is 3.41. The van der Waals surface area contributed by atoms with Crippen LogP contribution in [0.3, 0.4) is 0 Å². The molecule has 3 fully saturated rings. The first kappa shape index (κ1) is 13.7. The van der Waals surface area contributed by atoms with Crippen LogP contribution in [0.5, 0.6) is 0 Å². The molecule has 20 heavy (non-hydrogen) atoms. The van der Waals surface area contributed by atoms with Crippen LogP contribution in [0.4, 0.5) is 4.79 Å². The van der Waals surface area contributed by atoms with Crippen molar-refractivity contribution in [3.05, 3.63) is 0 Å². The van der Waals surface area contributed by atoms with E-state index in [0.29, 0.717) is 13.0 Å². The monoisotopic (exact) mass is 286 g/mol. The number of nitrogens with zero attached hydrogens (tertiary/aromatic N) is 1. The minimum atomic E-state index is -1.01. The Bertz CT molecular complexity index is 422. The van der Waals surface area contributed by atoms with Crippen LogP contribution >= 0.6 is 0 Å². The molecule has 0 bridgehead atoms. The lowest BCUT2D eigenvalue weighted by Gasteiger charge is -2.39. The van der Waals surface area contributed by atoms with E-state index in [1.807, 2.05) is 0 Å². The Balaban J connectivity index is 1.87. The molecule has 8 nitrogen and oxygen atoms in total. The molecule has 3 aliphatic rings. The molecule has 0 aromatic heterocycles. The number of carbonyl (C=O) groups excluding carboxylic acids is 2. The average Bonchev–Trinajstić information content (AvgIpc) is 3.00. The third-order valence-electron chi connectivity index (χ3n) is 4.21. The summed E-state index contributed by atoms with van der Waals surface area (Å²) in [4.78, 5) is 24.5. The summed E-state index contributed by atoms with van der Waals surface area (Å²) in [5, 5.41) is 21.9. The highest BCUT2D eigenvalue weighted by Crippen LogP contribution is 2.43. The van der Waals surface area contributed by atoms with Crippen molar-refractivity contribution < 1.29 is 29.3 Å². The fourth-order valence-corrected chi connectivity index (χ4v) is 3.21. The van der Waals surface area contributed by atoms with E-state index in [1.165, 1.54) is 4.90 Å². The number of rotatable bonds is 2. The fraction of sp³-hybridized carbons (Fsp3) is 0.833. The molecule has 112 valence electrons. The number of urea groups is 1. The zero-order chi connectivity index (χ0) is 14.3. The summed E-state index contributed by atoms with van der Waals surface area (Å²) in [6.07, 6.45) is -1.09. The van der Waals surface area contributed by atoms with E-state index in [4.69, 9.17) is 9.47 Å². The van der Waals surface area contributed by atoms with E-state index in [1.54, 1.807) is 0 Å². The summed E-state index contributed by atoms with van der Waals surface area (Å²) in [6.45, 7) is 0.339. The minimum absolute atomic E-state index is 0.182. The molecule has 0 radical (unpaired) electrons. The molecule has 3 saturated heterocycles. The lowest BCUT2D eigenvalue weighted by atomic mass is 9.90. The predicted molar refractivity (Wildman–Crippen MR) is 64.5 cm³/mol. The van der Waals surface area contributed by atoms with Crippen LogP contribution < -0.4 is 5.32 Å². The first-order valence-electron chi connectivity index (χ1n) is 6.77. The van der Waals surface area contributed by atoms with Crippen molar-refractivity contribution in [2.75, 3.05) is 19.8 Å². The molecule has 3 rings (SSSR count).